The van der Waals surface area contributed by atoms with E-state index < -0.39 is 27.9 Å². The zero-order valence-corrected chi connectivity index (χ0v) is 23.8. The molecule has 1 aliphatic rings. The van der Waals surface area contributed by atoms with Crippen LogP contribution in [0.1, 0.15) is 17.0 Å². The third kappa shape index (κ3) is 4.57. The highest BCUT2D eigenvalue weighted by atomic mass is 32.2. The average Bonchev–Trinajstić information content (AvgIpc) is 3.44. The fourth-order valence-corrected chi connectivity index (χ4v) is 6.41. The molecule has 0 amide bonds. The number of hydrogen-bond acceptors (Lipinski definition) is 9. The molecule has 10 nitrogen and oxygen atoms in total. The average molecular weight is 583 g/mol. The van der Waals surface area contributed by atoms with Crippen molar-refractivity contribution < 1.29 is 27.5 Å². The van der Waals surface area contributed by atoms with E-state index in [-0.39, 0.29) is 27.6 Å². The van der Waals surface area contributed by atoms with Gasteiger partial charge in [-0.2, -0.15) is 5.26 Å². The van der Waals surface area contributed by atoms with Crippen LogP contribution in [0.2, 0.25) is 0 Å². The van der Waals surface area contributed by atoms with Crippen molar-refractivity contribution in [3.8, 4) is 6.07 Å². The molecule has 0 saturated carbocycles. The first kappa shape index (κ1) is 28.2. The van der Waals surface area contributed by atoms with E-state index in [1.165, 1.54) is 25.3 Å². The van der Waals surface area contributed by atoms with Crippen molar-refractivity contribution in [3.05, 3.63) is 119 Å². The minimum Gasteiger partial charge on any atom is -0.466 e. The summed E-state index contributed by atoms with van der Waals surface area (Å²) in [4.78, 5) is 27.9. The monoisotopic (exact) mass is 582 g/mol. The van der Waals surface area contributed by atoms with Gasteiger partial charge in [0.05, 0.1) is 47.8 Å². The molecule has 212 valence electrons. The summed E-state index contributed by atoms with van der Waals surface area (Å²) >= 11 is 0. The second kappa shape index (κ2) is 10.9. The summed E-state index contributed by atoms with van der Waals surface area (Å²) in [6.45, 7) is 1.87. The molecule has 1 aromatic heterocycles. The number of esters is 2. The first-order valence-electron chi connectivity index (χ1n) is 12.7. The van der Waals surface area contributed by atoms with Gasteiger partial charge in [0.1, 0.15) is 11.5 Å². The van der Waals surface area contributed by atoms with Gasteiger partial charge in [0.15, 0.2) is 0 Å². The minimum atomic E-state index is -3.91. The smallest absolute Gasteiger partial charge is 0.355 e. The molecule has 1 unspecified atom stereocenters. The van der Waals surface area contributed by atoms with E-state index in [9.17, 15) is 23.3 Å². The predicted molar refractivity (Wildman–Crippen MR) is 155 cm³/mol. The van der Waals surface area contributed by atoms with Gasteiger partial charge in [0.25, 0.3) is 10.0 Å². The predicted octanol–water partition coefficient (Wildman–Crippen LogP) is 4.08. The van der Waals surface area contributed by atoms with Gasteiger partial charge in [-0.3, -0.25) is 4.90 Å². The highest BCUT2D eigenvalue weighted by Gasteiger charge is 2.43. The Labute approximate surface area is 242 Å². The molecule has 2 heterocycles. The Hall–Kier alpha value is -5.34. The van der Waals surface area contributed by atoms with Crippen molar-refractivity contribution >= 4 is 38.6 Å². The molecule has 5 rings (SSSR count). The van der Waals surface area contributed by atoms with Gasteiger partial charge in [-0.15, -0.1) is 0 Å². The molecule has 1 atom stereocenters. The number of methoxy groups -OCH3 is 2. The van der Waals surface area contributed by atoms with Crippen LogP contribution in [-0.2, 0) is 29.1 Å². The van der Waals surface area contributed by atoms with E-state index >= 15 is 0 Å². The summed E-state index contributed by atoms with van der Waals surface area (Å²) in [5, 5.41) is 10.7. The summed E-state index contributed by atoms with van der Waals surface area (Å²) in [5.41, 5.74) is 8.40. The van der Waals surface area contributed by atoms with Crippen LogP contribution in [0.4, 0.5) is 5.69 Å². The van der Waals surface area contributed by atoms with Crippen LogP contribution in [0.25, 0.3) is 10.9 Å². The van der Waals surface area contributed by atoms with Gasteiger partial charge >= 0.3 is 11.9 Å². The normalized spacial score (nSPS) is 15.5. The lowest BCUT2D eigenvalue weighted by molar-refractivity contribution is -0.139. The number of nitrogens with two attached hydrogens (primary N) is 1. The lowest BCUT2D eigenvalue weighted by atomic mass is 9.81. The van der Waals surface area contributed by atoms with Crippen molar-refractivity contribution in [3.63, 3.8) is 0 Å². The number of anilines is 1. The molecule has 3 aromatic carbocycles. The maximum atomic E-state index is 13.4. The van der Waals surface area contributed by atoms with Crippen LogP contribution in [0, 0.1) is 18.3 Å². The van der Waals surface area contributed by atoms with Crippen LogP contribution in [0.5, 0.6) is 0 Å². The number of benzene rings is 3. The largest absolute Gasteiger partial charge is 0.466 e. The molecule has 0 saturated heterocycles. The van der Waals surface area contributed by atoms with Crippen molar-refractivity contribution in [2.24, 2.45) is 5.73 Å². The fraction of sp³-hybridized carbons (Fsp3) is 0.129. The van der Waals surface area contributed by atoms with Gasteiger partial charge in [-0.1, -0.05) is 48.0 Å². The molecular formula is C31H26N4O6S. The van der Waals surface area contributed by atoms with Gasteiger partial charge in [0, 0.05) is 17.3 Å². The Morgan fingerprint density at radius 3 is 2.21 bits per heavy atom. The van der Waals surface area contributed by atoms with Crippen LogP contribution in [0.3, 0.4) is 0 Å². The maximum Gasteiger partial charge on any atom is 0.355 e. The summed E-state index contributed by atoms with van der Waals surface area (Å²) in [6.07, 6.45) is 1.43. The molecule has 2 N–H and O–H groups in total. The van der Waals surface area contributed by atoms with Gasteiger partial charge in [0.2, 0.25) is 0 Å². The van der Waals surface area contributed by atoms with Crippen molar-refractivity contribution in [1.29, 1.82) is 5.26 Å². The third-order valence-corrected chi connectivity index (χ3v) is 8.79. The second-order valence-electron chi connectivity index (χ2n) is 9.51. The Balaban J connectivity index is 1.72. The molecule has 0 radical (unpaired) electrons. The van der Waals surface area contributed by atoms with Gasteiger partial charge in [-0.05, 0) is 48.9 Å². The number of hydrogen-bond donors (Lipinski definition) is 1. The molecule has 42 heavy (non-hydrogen) atoms. The minimum absolute atomic E-state index is 0.0221. The van der Waals surface area contributed by atoms with E-state index in [1.54, 1.807) is 78.9 Å². The lowest BCUT2D eigenvalue weighted by Gasteiger charge is -2.35. The highest BCUT2D eigenvalue weighted by molar-refractivity contribution is 7.90. The van der Waals surface area contributed by atoms with Crippen molar-refractivity contribution in [1.82, 2.24) is 3.97 Å². The number of nitrogens with zero attached hydrogens (tertiary/aromatic N) is 3. The molecule has 0 fully saturated rings. The number of aryl methyl sites for hydroxylation is 1. The molecule has 0 aliphatic carbocycles. The molecule has 0 bridgehead atoms. The van der Waals surface area contributed by atoms with Gasteiger partial charge < -0.3 is 15.2 Å². The van der Waals surface area contributed by atoms with Crippen molar-refractivity contribution in [2.75, 3.05) is 19.1 Å². The quantitative estimate of drug-likeness (QED) is 0.332. The molecule has 11 heteroatoms. The zero-order chi connectivity index (χ0) is 30.2. The van der Waals surface area contributed by atoms with Crippen LogP contribution < -0.4 is 10.6 Å². The van der Waals surface area contributed by atoms with E-state index in [2.05, 4.69) is 6.07 Å². The van der Waals surface area contributed by atoms with E-state index in [1.807, 2.05) is 6.92 Å². The topological polar surface area (TPSA) is 145 Å². The standard InChI is InChI=1S/C31H26N4O6S/c1-19-9-12-23(13-10-19)42(38,39)34-16-15-21-17-22(11-14-25(21)34)35-28(31(37)41-3)27(30(36)40-2)26(24(18-32)29(35)33)20-7-5-4-6-8-20/h4-17,26H,33H2,1-3H3. The van der Waals surface area contributed by atoms with Crippen LogP contribution >= 0.6 is 0 Å². The summed E-state index contributed by atoms with van der Waals surface area (Å²) in [6, 6.07) is 23.6. The Morgan fingerprint density at radius 2 is 1.60 bits per heavy atom. The number of carbonyl (C=O) groups excluding carboxylic acids is 2. The number of nitriles is 1. The lowest BCUT2D eigenvalue weighted by Crippen LogP contribution is -2.40. The maximum absolute atomic E-state index is 13.4. The van der Waals surface area contributed by atoms with E-state index in [4.69, 9.17) is 15.2 Å². The SMILES string of the molecule is COC(=O)C1=C(C(=O)OC)N(c2ccc3c(ccn3S(=O)(=O)c3ccc(C)cc3)c2)C(N)=C(C#N)C1c1ccccc1. The van der Waals surface area contributed by atoms with E-state index in [0.717, 1.165) is 9.54 Å². The first-order chi connectivity index (χ1) is 20.1. The second-order valence-corrected chi connectivity index (χ2v) is 11.3. The Kier molecular flexibility index (Phi) is 7.33. The number of aromatic nitrogens is 1. The molecule has 0 spiro atoms. The zero-order valence-electron chi connectivity index (χ0n) is 22.9. The number of rotatable bonds is 6. The number of allylic oxidation sites excluding steroid dienone is 1. The summed E-state index contributed by atoms with van der Waals surface area (Å²) in [7, 11) is -1.57. The Morgan fingerprint density at radius 1 is 0.929 bits per heavy atom. The van der Waals surface area contributed by atoms with Crippen molar-refractivity contribution in [2.45, 2.75) is 17.7 Å². The third-order valence-electron chi connectivity index (χ3n) is 7.08. The Bertz CT molecular complexity index is 1930. The molecule has 4 aromatic rings. The van der Waals surface area contributed by atoms with Crippen LogP contribution in [0.15, 0.2) is 113 Å². The number of ether oxygens (including phenoxy) is 2. The van der Waals surface area contributed by atoms with Crippen LogP contribution in [-0.4, -0.2) is 38.5 Å². The highest BCUT2D eigenvalue weighted by Crippen LogP contribution is 2.43. The molecule has 1 aliphatic heterocycles. The molecular weight excluding hydrogens is 556 g/mol. The number of fused-ring (bicyclic) bond motifs is 1. The fourth-order valence-electron chi connectivity index (χ4n) is 5.06. The number of carbonyl (C=O) groups is 2. The summed E-state index contributed by atoms with van der Waals surface area (Å²) < 4.78 is 38.1. The summed E-state index contributed by atoms with van der Waals surface area (Å²) in [5.74, 6) is -2.81. The van der Waals surface area contributed by atoms with Gasteiger partial charge in [-0.25, -0.2) is 22.0 Å². The van der Waals surface area contributed by atoms with E-state index in [0.29, 0.717) is 22.2 Å². The first-order valence-corrected chi connectivity index (χ1v) is 14.2.